The molecule has 0 saturated heterocycles. The summed E-state index contributed by atoms with van der Waals surface area (Å²) in [7, 11) is 0. The number of H-pyrrole nitrogens is 1. The van der Waals surface area contributed by atoms with Crippen LogP contribution in [-0.2, 0) is 11.2 Å². The summed E-state index contributed by atoms with van der Waals surface area (Å²) in [6, 6.07) is 13.9. The third-order valence-corrected chi connectivity index (χ3v) is 4.67. The van der Waals surface area contributed by atoms with Gasteiger partial charge in [0.2, 0.25) is 5.91 Å². The number of hydrogen-bond donors (Lipinski definition) is 3. The SMILES string of the molecule is Cc1ccccc1C(O)CNC(=O)CCc1c[nH]c2c(C)cccc12. The summed E-state index contributed by atoms with van der Waals surface area (Å²) in [5, 5.41) is 14.3. The number of aryl methyl sites for hydroxylation is 3. The number of aliphatic hydroxyl groups is 1. The van der Waals surface area contributed by atoms with Gasteiger partial charge in [-0.2, -0.15) is 0 Å². The molecule has 3 aromatic rings. The molecule has 0 aliphatic rings. The minimum absolute atomic E-state index is 0.0466. The monoisotopic (exact) mass is 336 g/mol. The standard InChI is InChI=1S/C21H24N2O2/c1-14-6-3-4-8-17(14)19(24)13-22-20(25)11-10-16-12-23-21-15(2)7-5-9-18(16)21/h3-9,12,19,23-24H,10-11,13H2,1-2H3,(H,22,25). The van der Waals surface area contributed by atoms with Gasteiger partial charge < -0.3 is 15.4 Å². The van der Waals surface area contributed by atoms with Crippen molar-refractivity contribution in [1.82, 2.24) is 10.3 Å². The third kappa shape index (κ3) is 3.91. The van der Waals surface area contributed by atoms with Crippen LogP contribution in [0.25, 0.3) is 10.9 Å². The molecular weight excluding hydrogens is 312 g/mol. The lowest BCUT2D eigenvalue weighted by Gasteiger charge is -2.14. The number of rotatable bonds is 6. The Morgan fingerprint density at radius 2 is 1.88 bits per heavy atom. The topological polar surface area (TPSA) is 65.1 Å². The molecule has 1 aromatic heterocycles. The lowest BCUT2D eigenvalue weighted by molar-refractivity contribution is -0.121. The molecule has 1 heterocycles. The van der Waals surface area contributed by atoms with Crippen molar-refractivity contribution in [3.63, 3.8) is 0 Å². The minimum atomic E-state index is -0.680. The second kappa shape index (κ2) is 7.53. The number of aliphatic hydroxyl groups excluding tert-OH is 1. The van der Waals surface area contributed by atoms with Crippen LogP contribution in [-0.4, -0.2) is 22.5 Å². The van der Waals surface area contributed by atoms with Gasteiger partial charge in [-0.1, -0.05) is 42.5 Å². The minimum Gasteiger partial charge on any atom is -0.387 e. The van der Waals surface area contributed by atoms with Gasteiger partial charge in [-0.25, -0.2) is 0 Å². The Kier molecular flexibility index (Phi) is 5.19. The van der Waals surface area contributed by atoms with Crippen molar-refractivity contribution in [1.29, 1.82) is 0 Å². The second-order valence-corrected chi connectivity index (χ2v) is 6.49. The van der Waals surface area contributed by atoms with Crippen molar-refractivity contribution in [3.05, 3.63) is 70.9 Å². The molecule has 0 fully saturated rings. The zero-order chi connectivity index (χ0) is 17.8. The molecule has 0 spiro atoms. The van der Waals surface area contributed by atoms with Crippen LogP contribution in [0, 0.1) is 13.8 Å². The van der Waals surface area contributed by atoms with Crippen molar-refractivity contribution >= 4 is 16.8 Å². The molecule has 0 radical (unpaired) electrons. The van der Waals surface area contributed by atoms with Crippen molar-refractivity contribution in [2.75, 3.05) is 6.54 Å². The van der Waals surface area contributed by atoms with E-state index in [0.29, 0.717) is 12.8 Å². The van der Waals surface area contributed by atoms with Gasteiger partial charge in [0.15, 0.2) is 0 Å². The zero-order valence-corrected chi connectivity index (χ0v) is 14.7. The quantitative estimate of drug-likeness (QED) is 0.644. The molecule has 4 nitrogen and oxygen atoms in total. The van der Waals surface area contributed by atoms with Gasteiger partial charge in [-0.3, -0.25) is 4.79 Å². The summed E-state index contributed by atoms with van der Waals surface area (Å²) < 4.78 is 0. The van der Waals surface area contributed by atoms with E-state index in [1.807, 2.05) is 43.5 Å². The first-order valence-electron chi connectivity index (χ1n) is 8.62. The van der Waals surface area contributed by atoms with Gasteiger partial charge in [-0.15, -0.1) is 0 Å². The van der Waals surface area contributed by atoms with E-state index >= 15 is 0 Å². The average Bonchev–Trinajstić information content (AvgIpc) is 3.03. The molecule has 25 heavy (non-hydrogen) atoms. The van der Waals surface area contributed by atoms with E-state index in [-0.39, 0.29) is 12.5 Å². The van der Waals surface area contributed by atoms with Crippen LogP contribution in [0.2, 0.25) is 0 Å². The van der Waals surface area contributed by atoms with Gasteiger partial charge in [-0.05, 0) is 42.5 Å². The van der Waals surface area contributed by atoms with Crippen LogP contribution in [0.1, 0.15) is 34.8 Å². The van der Waals surface area contributed by atoms with E-state index < -0.39 is 6.10 Å². The van der Waals surface area contributed by atoms with Crippen LogP contribution < -0.4 is 5.32 Å². The number of amides is 1. The van der Waals surface area contributed by atoms with E-state index in [1.54, 1.807) is 0 Å². The molecule has 4 heteroatoms. The number of benzene rings is 2. The van der Waals surface area contributed by atoms with Crippen LogP contribution in [0.4, 0.5) is 0 Å². The Morgan fingerprint density at radius 1 is 1.12 bits per heavy atom. The molecule has 130 valence electrons. The molecule has 3 N–H and O–H groups in total. The number of aromatic amines is 1. The van der Waals surface area contributed by atoms with Crippen molar-refractivity contribution in [3.8, 4) is 0 Å². The van der Waals surface area contributed by atoms with Crippen molar-refractivity contribution in [2.45, 2.75) is 32.8 Å². The molecule has 1 atom stereocenters. The molecule has 1 unspecified atom stereocenters. The van der Waals surface area contributed by atoms with Crippen molar-refractivity contribution in [2.24, 2.45) is 0 Å². The van der Waals surface area contributed by atoms with Gasteiger partial charge >= 0.3 is 0 Å². The van der Waals surface area contributed by atoms with E-state index in [9.17, 15) is 9.90 Å². The van der Waals surface area contributed by atoms with E-state index in [1.165, 1.54) is 10.9 Å². The van der Waals surface area contributed by atoms with E-state index in [0.717, 1.165) is 22.2 Å². The Hall–Kier alpha value is -2.59. The number of nitrogens with one attached hydrogen (secondary N) is 2. The van der Waals surface area contributed by atoms with Gasteiger partial charge in [0, 0.05) is 30.1 Å². The number of hydrogen-bond acceptors (Lipinski definition) is 2. The lowest BCUT2D eigenvalue weighted by atomic mass is 10.0. The number of aromatic nitrogens is 1. The van der Waals surface area contributed by atoms with E-state index in [4.69, 9.17) is 0 Å². The van der Waals surface area contributed by atoms with Crippen LogP contribution in [0.5, 0.6) is 0 Å². The maximum atomic E-state index is 12.1. The Bertz CT molecular complexity index is 882. The van der Waals surface area contributed by atoms with Crippen molar-refractivity contribution < 1.29 is 9.90 Å². The number of carbonyl (C=O) groups excluding carboxylic acids is 1. The number of fused-ring (bicyclic) bond motifs is 1. The Balaban J connectivity index is 1.54. The first kappa shape index (κ1) is 17.2. The van der Waals surface area contributed by atoms with Gasteiger partial charge in [0.25, 0.3) is 0 Å². The Morgan fingerprint density at radius 3 is 2.68 bits per heavy atom. The second-order valence-electron chi connectivity index (χ2n) is 6.49. The highest BCUT2D eigenvalue weighted by molar-refractivity contribution is 5.86. The first-order valence-corrected chi connectivity index (χ1v) is 8.62. The number of carbonyl (C=O) groups is 1. The summed E-state index contributed by atoms with van der Waals surface area (Å²) in [4.78, 5) is 15.4. The van der Waals surface area contributed by atoms with Crippen LogP contribution in [0.15, 0.2) is 48.7 Å². The highest BCUT2D eigenvalue weighted by Crippen LogP contribution is 2.22. The van der Waals surface area contributed by atoms with Gasteiger partial charge in [0.05, 0.1) is 6.10 Å². The normalized spacial score (nSPS) is 12.3. The van der Waals surface area contributed by atoms with Gasteiger partial charge in [0.1, 0.15) is 0 Å². The van der Waals surface area contributed by atoms with E-state index in [2.05, 4.69) is 29.4 Å². The molecule has 0 bridgehead atoms. The Labute approximate surface area is 147 Å². The fraction of sp³-hybridized carbons (Fsp3) is 0.286. The maximum absolute atomic E-state index is 12.1. The lowest BCUT2D eigenvalue weighted by Crippen LogP contribution is -2.28. The summed E-state index contributed by atoms with van der Waals surface area (Å²) >= 11 is 0. The largest absolute Gasteiger partial charge is 0.387 e. The smallest absolute Gasteiger partial charge is 0.220 e. The molecule has 0 aliphatic heterocycles. The summed E-state index contributed by atoms with van der Waals surface area (Å²) in [6.07, 6.45) is 2.38. The fourth-order valence-corrected chi connectivity index (χ4v) is 3.19. The summed E-state index contributed by atoms with van der Waals surface area (Å²) in [6.45, 7) is 4.26. The molecular formula is C21H24N2O2. The van der Waals surface area contributed by atoms with Crippen LogP contribution >= 0.6 is 0 Å². The zero-order valence-electron chi connectivity index (χ0n) is 14.7. The predicted octanol–water partition coefficient (Wildman–Crippen LogP) is 3.57. The summed E-state index contributed by atoms with van der Waals surface area (Å²) in [5.41, 5.74) is 5.36. The fourth-order valence-electron chi connectivity index (χ4n) is 3.19. The molecule has 3 rings (SSSR count). The average molecular weight is 336 g/mol. The maximum Gasteiger partial charge on any atom is 0.220 e. The third-order valence-electron chi connectivity index (χ3n) is 4.67. The molecule has 1 amide bonds. The highest BCUT2D eigenvalue weighted by atomic mass is 16.3. The predicted molar refractivity (Wildman–Crippen MR) is 101 cm³/mol. The molecule has 0 aliphatic carbocycles. The molecule has 2 aromatic carbocycles. The highest BCUT2D eigenvalue weighted by Gasteiger charge is 2.12. The first-order chi connectivity index (χ1) is 12.1. The van der Waals surface area contributed by atoms with Crippen LogP contribution in [0.3, 0.4) is 0 Å². The number of para-hydroxylation sites is 1. The summed E-state index contributed by atoms with van der Waals surface area (Å²) in [5.74, 6) is -0.0466. The molecule has 0 saturated carbocycles.